The lowest BCUT2D eigenvalue weighted by Gasteiger charge is -2.43. The smallest absolute Gasteiger partial charge is 0.416 e. The van der Waals surface area contributed by atoms with Crippen molar-refractivity contribution in [2.75, 3.05) is 51.8 Å². The van der Waals surface area contributed by atoms with Gasteiger partial charge in [-0.25, -0.2) is 0 Å². The van der Waals surface area contributed by atoms with Gasteiger partial charge >= 0.3 is 6.18 Å². The quantitative estimate of drug-likeness (QED) is 0.516. The van der Waals surface area contributed by atoms with E-state index in [4.69, 9.17) is 4.74 Å². The number of ether oxygens (including phenoxy) is 1. The summed E-state index contributed by atoms with van der Waals surface area (Å²) in [6.07, 6.45) is 0.593. The number of carbonyl (C=O) groups is 2. The van der Waals surface area contributed by atoms with Gasteiger partial charge in [0, 0.05) is 45.8 Å². The Bertz CT molecular complexity index is 1150. The van der Waals surface area contributed by atoms with Crippen LogP contribution in [0.15, 0.2) is 48.5 Å². The monoisotopic (exact) mass is 545 g/mol. The van der Waals surface area contributed by atoms with E-state index in [0.717, 1.165) is 43.6 Å². The number of alkyl halides is 3. The molecule has 0 radical (unpaired) electrons. The number of likely N-dealkylation sites (N-methyl/N-ethyl adjacent to an activating group) is 1. The Labute approximate surface area is 228 Å². The van der Waals surface area contributed by atoms with Crippen molar-refractivity contribution in [1.29, 1.82) is 0 Å². The van der Waals surface area contributed by atoms with Crippen molar-refractivity contribution in [3.63, 3.8) is 0 Å². The molecule has 9 heteroatoms. The minimum Gasteiger partial charge on any atom is -0.491 e. The molecule has 0 atom stereocenters. The second-order valence-electron chi connectivity index (χ2n) is 10.8. The van der Waals surface area contributed by atoms with Gasteiger partial charge in [-0.15, -0.1) is 0 Å². The van der Waals surface area contributed by atoms with Crippen LogP contribution in [-0.4, -0.2) is 68.5 Å². The van der Waals surface area contributed by atoms with Crippen LogP contribution in [0.25, 0.3) is 0 Å². The van der Waals surface area contributed by atoms with Gasteiger partial charge in [0.25, 0.3) is 0 Å². The zero-order valence-corrected chi connectivity index (χ0v) is 22.8. The maximum atomic E-state index is 13.6. The van der Waals surface area contributed by atoms with Crippen molar-refractivity contribution in [1.82, 2.24) is 9.80 Å². The maximum absolute atomic E-state index is 13.6. The fourth-order valence-electron chi connectivity index (χ4n) is 5.65. The van der Waals surface area contributed by atoms with Gasteiger partial charge in [0.15, 0.2) is 0 Å². The number of amides is 2. The van der Waals surface area contributed by atoms with E-state index in [-0.39, 0.29) is 18.2 Å². The fraction of sp³-hybridized carbons (Fsp3) is 0.533. The molecule has 6 nitrogen and oxygen atoms in total. The molecule has 2 aromatic carbocycles. The lowest BCUT2D eigenvalue weighted by molar-refractivity contribution is -0.148. The van der Waals surface area contributed by atoms with Crippen LogP contribution in [0.5, 0.6) is 5.75 Å². The van der Waals surface area contributed by atoms with Crippen molar-refractivity contribution in [3.8, 4) is 5.75 Å². The minimum atomic E-state index is -4.41. The number of likely N-dealkylation sites (tertiary alicyclic amines) is 1. The van der Waals surface area contributed by atoms with Gasteiger partial charge in [-0.05, 0) is 61.9 Å². The van der Waals surface area contributed by atoms with Gasteiger partial charge < -0.3 is 19.4 Å². The number of carbonyl (C=O) groups excluding carboxylic acids is 2. The fourth-order valence-corrected chi connectivity index (χ4v) is 5.65. The number of anilines is 1. The van der Waals surface area contributed by atoms with Gasteiger partial charge in [0.1, 0.15) is 12.4 Å². The van der Waals surface area contributed by atoms with Gasteiger partial charge in [-0.2, -0.15) is 13.2 Å². The van der Waals surface area contributed by atoms with Crippen LogP contribution in [0.3, 0.4) is 0 Å². The molecule has 2 aliphatic rings. The zero-order chi connectivity index (χ0) is 28.0. The van der Waals surface area contributed by atoms with E-state index in [1.54, 1.807) is 27.8 Å². The molecule has 0 aliphatic carbocycles. The average molecular weight is 546 g/mol. The highest BCUT2D eigenvalue weighted by Gasteiger charge is 2.43. The Balaban J connectivity index is 1.34. The van der Waals surface area contributed by atoms with Crippen molar-refractivity contribution in [2.45, 2.75) is 51.1 Å². The van der Waals surface area contributed by atoms with Crippen LogP contribution in [0.4, 0.5) is 18.9 Å². The number of piperidine rings is 1. The first kappa shape index (κ1) is 28.8. The molecule has 1 fully saturated rings. The summed E-state index contributed by atoms with van der Waals surface area (Å²) in [5.74, 6) is 0.970. The SMILES string of the molecule is CN1CCOc2ccccc2CCCCC2(CCN(C(=O)CCN(C)c3cccc(C(F)(F)F)c3)CC2)C1=O. The van der Waals surface area contributed by atoms with Crippen LogP contribution in [0.2, 0.25) is 0 Å². The van der Waals surface area contributed by atoms with Crippen molar-refractivity contribution < 1.29 is 27.5 Å². The first-order valence-electron chi connectivity index (χ1n) is 13.7. The number of halogens is 3. The summed E-state index contributed by atoms with van der Waals surface area (Å²) in [4.78, 5) is 31.9. The Morgan fingerprint density at radius 3 is 2.51 bits per heavy atom. The van der Waals surface area contributed by atoms with E-state index in [9.17, 15) is 22.8 Å². The average Bonchev–Trinajstić information content (AvgIpc) is 2.93. The molecule has 0 aromatic heterocycles. The van der Waals surface area contributed by atoms with Crippen LogP contribution in [-0.2, 0) is 22.2 Å². The Hall–Kier alpha value is -3.23. The molecule has 0 bridgehead atoms. The first-order valence-corrected chi connectivity index (χ1v) is 13.7. The van der Waals surface area contributed by atoms with Crippen LogP contribution < -0.4 is 9.64 Å². The molecule has 2 amide bonds. The third-order valence-corrected chi connectivity index (χ3v) is 8.16. The number of fused-ring (bicyclic) bond motifs is 1. The van der Waals surface area contributed by atoms with Crippen LogP contribution in [0, 0.1) is 5.41 Å². The molecule has 39 heavy (non-hydrogen) atoms. The highest BCUT2D eigenvalue weighted by Crippen LogP contribution is 2.39. The predicted molar refractivity (Wildman–Crippen MR) is 145 cm³/mol. The number of rotatable bonds is 4. The molecule has 0 unspecified atom stereocenters. The summed E-state index contributed by atoms with van der Waals surface area (Å²) in [7, 11) is 3.52. The van der Waals surface area contributed by atoms with Crippen molar-refractivity contribution in [3.05, 3.63) is 59.7 Å². The molecule has 2 aromatic rings. The molecule has 2 heterocycles. The van der Waals surface area contributed by atoms with Gasteiger partial charge in [-0.1, -0.05) is 30.7 Å². The number of hydrogen-bond acceptors (Lipinski definition) is 4. The van der Waals surface area contributed by atoms with Crippen molar-refractivity contribution >= 4 is 17.5 Å². The van der Waals surface area contributed by atoms with Crippen molar-refractivity contribution in [2.24, 2.45) is 5.41 Å². The summed E-state index contributed by atoms with van der Waals surface area (Å²) in [5.41, 5.74) is 0.418. The highest BCUT2D eigenvalue weighted by molar-refractivity contribution is 5.83. The zero-order valence-electron chi connectivity index (χ0n) is 22.8. The van der Waals surface area contributed by atoms with E-state index < -0.39 is 17.2 Å². The number of aryl methyl sites for hydroxylation is 1. The summed E-state index contributed by atoms with van der Waals surface area (Å²) >= 11 is 0. The standard InChI is InChI=1S/C30H38F3N3O3/c1-34(25-11-7-10-24(22-25)30(31,32)33)17-13-27(37)36-18-15-29(16-19-36)14-6-5-9-23-8-3-4-12-26(23)39-21-20-35(2)28(29)38/h3-4,7-8,10-12,22H,5-6,9,13-21H2,1-2H3. The first-order chi connectivity index (χ1) is 18.6. The Morgan fingerprint density at radius 2 is 1.77 bits per heavy atom. The number of nitrogens with zero attached hydrogens (tertiary/aromatic N) is 3. The molecule has 212 valence electrons. The molecule has 1 spiro atoms. The molecular formula is C30H38F3N3O3. The molecule has 1 saturated heterocycles. The topological polar surface area (TPSA) is 53.1 Å². The molecule has 0 N–H and O–H groups in total. The summed E-state index contributed by atoms with van der Waals surface area (Å²) < 4.78 is 45.2. The third kappa shape index (κ3) is 7.05. The Kier molecular flexibility index (Phi) is 9.08. The van der Waals surface area contributed by atoms with E-state index in [1.807, 2.05) is 25.2 Å². The maximum Gasteiger partial charge on any atom is 0.416 e. The molecular weight excluding hydrogens is 507 g/mol. The van der Waals surface area contributed by atoms with Gasteiger partial charge in [0.2, 0.25) is 11.8 Å². The van der Waals surface area contributed by atoms with Gasteiger partial charge in [-0.3, -0.25) is 9.59 Å². The summed E-state index contributed by atoms with van der Waals surface area (Å²) in [6, 6.07) is 13.2. The molecule has 2 aliphatic heterocycles. The lowest BCUT2D eigenvalue weighted by atomic mass is 9.73. The normalized spacial score (nSPS) is 18.5. The third-order valence-electron chi connectivity index (χ3n) is 8.16. The largest absolute Gasteiger partial charge is 0.491 e. The summed E-state index contributed by atoms with van der Waals surface area (Å²) in [5, 5.41) is 0. The lowest BCUT2D eigenvalue weighted by Crippen LogP contribution is -2.51. The van der Waals surface area contributed by atoms with E-state index in [1.165, 1.54) is 11.6 Å². The van der Waals surface area contributed by atoms with E-state index in [0.29, 0.717) is 51.3 Å². The second kappa shape index (κ2) is 12.3. The Morgan fingerprint density at radius 1 is 1.03 bits per heavy atom. The second-order valence-corrected chi connectivity index (χ2v) is 10.8. The van der Waals surface area contributed by atoms with E-state index >= 15 is 0 Å². The van der Waals surface area contributed by atoms with E-state index in [2.05, 4.69) is 6.07 Å². The molecule has 4 rings (SSSR count). The van der Waals surface area contributed by atoms with Crippen LogP contribution >= 0.6 is 0 Å². The van der Waals surface area contributed by atoms with Gasteiger partial charge in [0.05, 0.1) is 17.5 Å². The predicted octanol–water partition coefficient (Wildman–Crippen LogP) is 5.40. The highest BCUT2D eigenvalue weighted by atomic mass is 19.4. The minimum absolute atomic E-state index is 0.0392. The van der Waals surface area contributed by atoms with Crippen LogP contribution in [0.1, 0.15) is 49.7 Å². The molecule has 0 saturated carbocycles. The summed E-state index contributed by atoms with van der Waals surface area (Å²) in [6.45, 7) is 2.25. The number of hydrogen-bond donors (Lipinski definition) is 0. The number of benzene rings is 2. The number of para-hydroxylation sites is 1.